The fourth-order valence-electron chi connectivity index (χ4n) is 3.62. The number of rotatable bonds is 3. The first-order valence-corrected chi connectivity index (χ1v) is 8.82. The van der Waals surface area contributed by atoms with E-state index >= 15 is 0 Å². The third-order valence-electron chi connectivity index (χ3n) is 5.04. The van der Waals surface area contributed by atoms with E-state index < -0.39 is 0 Å². The lowest BCUT2D eigenvalue weighted by atomic mass is 9.95. The van der Waals surface area contributed by atoms with E-state index in [1.165, 1.54) is 11.0 Å². The molecule has 0 amide bonds. The van der Waals surface area contributed by atoms with Crippen LogP contribution >= 0.6 is 0 Å². The maximum atomic E-state index is 9.65. The van der Waals surface area contributed by atoms with E-state index in [0.29, 0.717) is 5.56 Å². The summed E-state index contributed by atoms with van der Waals surface area (Å²) in [5, 5.41) is 17.7. The second kappa shape index (κ2) is 6.66. The SMILES string of the molecule is Cc1ncc(C#N)c(Nc2ccc3[nH]ccc3c2C)c1C1=CCNCC1. The molecule has 0 atom stereocenters. The number of H-pyrrole nitrogens is 1. The molecular weight excluding hydrogens is 322 g/mol. The van der Waals surface area contributed by atoms with E-state index in [-0.39, 0.29) is 0 Å². The van der Waals surface area contributed by atoms with Crippen LogP contribution in [0.2, 0.25) is 0 Å². The Kier molecular flexibility index (Phi) is 4.19. The van der Waals surface area contributed by atoms with Crippen LogP contribution in [0.3, 0.4) is 0 Å². The molecule has 1 aliphatic heterocycles. The summed E-state index contributed by atoms with van der Waals surface area (Å²) in [6, 6.07) is 8.50. The van der Waals surface area contributed by atoms with Crippen LogP contribution in [0.25, 0.3) is 16.5 Å². The number of aromatic amines is 1. The normalized spacial score (nSPS) is 14.1. The quantitative estimate of drug-likeness (QED) is 0.667. The summed E-state index contributed by atoms with van der Waals surface area (Å²) in [5.41, 5.74) is 7.95. The van der Waals surface area contributed by atoms with Crippen LogP contribution in [0.15, 0.2) is 36.7 Å². The monoisotopic (exact) mass is 343 g/mol. The van der Waals surface area contributed by atoms with Crippen LogP contribution in [0.4, 0.5) is 11.4 Å². The van der Waals surface area contributed by atoms with Crippen LogP contribution in [-0.2, 0) is 0 Å². The topological polar surface area (TPSA) is 76.5 Å². The van der Waals surface area contributed by atoms with E-state index in [9.17, 15) is 5.26 Å². The van der Waals surface area contributed by atoms with Crippen molar-refractivity contribution in [2.45, 2.75) is 20.3 Å². The number of fused-ring (bicyclic) bond motifs is 1. The van der Waals surface area contributed by atoms with Crippen molar-refractivity contribution in [2.75, 3.05) is 18.4 Å². The summed E-state index contributed by atoms with van der Waals surface area (Å²) in [7, 11) is 0. The largest absolute Gasteiger partial charge is 0.361 e. The Labute approximate surface area is 152 Å². The van der Waals surface area contributed by atoms with Gasteiger partial charge in [-0.1, -0.05) is 6.08 Å². The summed E-state index contributed by atoms with van der Waals surface area (Å²) in [6.45, 7) is 5.89. The molecule has 0 fully saturated rings. The highest BCUT2D eigenvalue weighted by Gasteiger charge is 2.18. The van der Waals surface area contributed by atoms with Gasteiger partial charge in [-0.3, -0.25) is 4.98 Å². The minimum atomic E-state index is 0.568. The summed E-state index contributed by atoms with van der Waals surface area (Å²) in [6.07, 6.45) is 6.74. The molecule has 4 rings (SSSR count). The molecule has 5 heteroatoms. The molecule has 0 unspecified atom stereocenters. The zero-order valence-corrected chi connectivity index (χ0v) is 15.0. The first-order chi connectivity index (χ1) is 12.7. The highest BCUT2D eigenvalue weighted by molar-refractivity contribution is 5.91. The molecule has 1 aromatic carbocycles. The number of aryl methyl sites for hydroxylation is 2. The van der Waals surface area contributed by atoms with Crippen molar-refractivity contribution in [2.24, 2.45) is 0 Å². The number of anilines is 2. The van der Waals surface area contributed by atoms with Gasteiger partial charge in [0.05, 0.1) is 11.3 Å². The highest BCUT2D eigenvalue weighted by Crippen LogP contribution is 2.35. The minimum Gasteiger partial charge on any atom is -0.361 e. The third kappa shape index (κ3) is 2.75. The van der Waals surface area contributed by atoms with Crippen molar-refractivity contribution < 1.29 is 0 Å². The van der Waals surface area contributed by atoms with Gasteiger partial charge in [0.2, 0.25) is 0 Å². The molecule has 3 aromatic rings. The number of hydrogen-bond acceptors (Lipinski definition) is 4. The lowest BCUT2D eigenvalue weighted by Crippen LogP contribution is -2.21. The molecule has 3 N–H and O–H groups in total. The number of hydrogen-bond donors (Lipinski definition) is 3. The maximum absolute atomic E-state index is 9.65. The van der Waals surface area contributed by atoms with Crippen molar-refractivity contribution in [1.29, 1.82) is 5.26 Å². The molecule has 2 aromatic heterocycles. The molecule has 26 heavy (non-hydrogen) atoms. The van der Waals surface area contributed by atoms with Crippen LogP contribution in [0.1, 0.15) is 28.8 Å². The molecule has 1 aliphatic rings. The van der Waals surface area contributed by atoms with E-state index in [2.05, 4.69) is 57.9 Å². The molecule has 5 nitrogen and oxygen atoms in total. The average Bonchev–Trinajstić information content (AvgIpc) is 3.15. The minimum absolute atomic E-state index is 0.568. The fourth-order valence-corrected chi connectivity index (χ4v) is 3.62. The molecule has 0 saturated heterocycles. The maximum Gasteiger partial charge on any atom is 0.103 e. The van der Waals surface area contributed by atoms with Gasteiger partial charge in [0.25, 0.3) is 0 Å². The van der Waals surface area contributed by atoms with Crippen LogP contribution in [0, 0.1) is 25.2 Å². The Bertz CT molecular complexity index is 1050. The zero-order valence-electron chi connectivity index (χ0n) is 15.0. The van der Waals surface area contributed by atoms with Crippen LogP contribution in [0.5, 0.6) is 0 Å². The predicted octanol–water partition coefficient (Wildman–Crippen LogP) is 4.17. The van der Waals surface area contributed by atoms with E-state index in [1.54, 1.807) is 6.20 Å². The highest BCUT2D eigenvalue weighted by atomic mass is 14.9. The van der Waals surface area contributed by atoms with Gasteiger partial charge in [0.1, 0.15) is 6.07 Å². The van der Waals surface area contributed by atoms with Crippen LogP contribution in [-0.4, -0.2) is 23.1 Å². The number of aromatic nitrogens is 2. The van der Waals surface area contributed by atoms with Gasteiger partial charge in [0, 0.05) is 46.8 Å². The van der Waals surface area contributed by atoms with Gasteiger partial charge < -0.3 is 15.6 Å². The fraction of sp³-hybridized carbons (Fsp3) is 0.238. The number of nitrogens with zero attached hydrogens (tertiary/aromatic N) is 2. The third-order valence-corrected chi connectivity index (χ3v) is 5.04. The molecule has 0 spiro atoms. The van der Waals surface area contributed by atoms with Crippen molar-refractivity contribution in [3.8, 4) is 6.07 Å². The second-order valence-electron chi connectivity index (χ2n) is 6.60. The molecule has 0 aliphatic carbocycles. The van der Waals surface area contributed by atoms with E-state index in [1.807, 2.05) is 13.1 Å². The Morgan fingerprint density at radius 2 is 2.12 bits per heavy atom. The molecular formula is C21H21N5. The van der Waals surface area contributed by atoms with Crippen molar-refractivity contribution in [3.63, 3.8) is 0 Å². The Balaban J connectivity index is 1.87. The van der Waals surface area contributed by atoms with E-state index in [0.717, 1.165) is 53.2 Å². The van der Waals surface area contributed by atoms with Crippen molar-refractivity contribution >= 4 is 27.9 Å². The Morgan fingerprint density at radius 3 is 2.88 bits per heavy atom. The molecule has 3 heterocycles. The zero-order chi connectivity index (χ0) is 18.1. The molecule has 130 valence electrons. The van der Waals surface area contributed by atoms with Gasteiger partial charge in [-0.25, -0.2) is 0 Å². The lowest BCUT2D eigenvalue weighted by molar-refractivity contribution is 0.738. The Hall–Kier alpha value is -3.10. The molecule has 0 radical (unpaired) electrons. The van der Waals surface area contributed by atoms with Crippen LogP contribution < -0.4 is 10.6 Å². The number of nitriles is 1. The molecule has 0 bridgehead atoms. The summed E-state index contributed by atoms with van der Waals surface area (Å²) in [5.74, 6) is 0. The lowest BCUT2D eigenvalue weighted by Gasteiger charge is -2.21. The first-order valence-electron chi connectivity index (χ1n) is 8.82. The molecule has 0 saturated carbocycles. The predicted molar refractivity (Wildman–Crippen MR) is 105 cm³/mol. The Morgan fingerprint density at radius 1 is 1.23 bits per heavy atom. The summed E-state index contributed by atoms with van der Waals surface area (Å²) in [4.78, 5) is 7.70. The van der Waals surface area contributed by atoms with Gasteiger partial charge in [-0.05, 0) is 56.1 Å². The standard InChI is InChI=1S/C21H21N5/c1-13-17-7-10-24-19(17)4-3-18(13)26-21-16(11-22)12-25-14(2)20(21)15-5-8-23-9-6-15/h3-5,7,10,12,23-24H,6,8-9H2,1-2H3,(H,25,26). The smallest absolute Gasteiger partial charge is 0.103 e. The van der Waals surface area contributed by atoms with Crippen molar-refractivity contribution in [1.82, 2.24) is 15.3 Å². The van der Waals surface area contributed by atoms with Gasteiger partial charge >= 0.3 is 0 Å². The van der Waals surface area contributed by atoms with E-state index in [4.69, 9.17) is 0 Å². The number of pyridine rings is 1. The van der Waals surface area contributed by atoms with Gasteiger partial charge in [0.15, 0.2) is 0 Å². The first kappa shape index (κ1) is 16.4. The second-order valence-corrected chi connectivity index (χ2v) is 6.60. The van der Waals surface area contributed by atoms with Crippen molar-refractivity contribution in [3.05, 3.63) is 59.1 Å². The number of benzene rings is 1. The van der Waals surface area contributed by atoms with Gasteiger partial charge in [-0.2, -0.15) is 5.26 Å². The van der Waals surface area contributed by atoms with Gasteiger partial charge in [-0.15, -0.1) is 0 Å². The number of nitrogens with one attached hydrogen (secondary N) is 3. The summed E-state index contributed by atoms with van der Waals surface area (Å²) >= 11 is 0. The summed E-state index contributed by atoms with van der Waals surface area (Å²) < 4.78 is 0. The average molecular weight is 343 g/mol.